The van der Waals surface area contributed by atoms with Crippen LogP contribution in [0.2, 0.25) is 0 Å². The fourth-order valence-corrected chi connectivity index (χ4v) is 5.05. The third kappa shape index (κ3) is 2.23. The summed E-state index contributed by atoms with van der Waals surface area (Å²) in [5.74, 6) is 1.03. The van der Waals surface area contributed by atoms with Gasteiger partial charge in [0.1, 0.15) is 0 Å². The van der Waals surface area contributed by atoms with Gasteiger partial charge in [0.15, 0.2) is 5.82 Å². The van der Waals surface area contributed by atoms with Gasteiger partial charge >= 0.3 is 0 Å². The predicted molar refractivity (Wildman–Crippen MR) is 92.4 cm³/mol. The van der Waals surface area contributed by atoms with Gasteiger partial charge in [-0.3, -0.25) is 0 Å². The first kappa shape index (κ1) is 14.9. The highest BCUT2D eigenvalue weighted by molar-refractivity contribution is 5.65. The van der Waals surface area contributed by atoms with Crippen LogP contribution in [0, 0.1) is 5.41 Å². The van der Waals surface area contributed by atoms with Gasteiger partial charge < -0.3 is 15.3 Å². The number of aliphatic hydroxyl groups is 1. The molecule has 0 amide bonds. The molecule has 0 aromatic carbocycles. The molecular formula is C18H27N5O. The van der Waals surface area contributed by atoms with Crippen molar-refractivity contribution in [1.82, 2.24) is 20.0 Å². The van der Waals surface area contributed by atoms with Gasteiger partial charge in [-0.25, -0.2) is 9.67 Å². The Bertz CT molecular complexity index is 658. The fraction of sp³-hybridized carbons (Fsp3) is 0.778. The molecule has 1 aromatic rings. The van der Waals surface area contributed by atoms with E-state index in [0.29, 0.717) is 12.6 Å². The van der Waals surface area contributed by atoms with Gasteiger partial charge in [-0.05, 0) is 38.6 Å². The Morgan fingerprint density at radius 1 is 1.25 bits per heavy atom. The van der Waals surface area contributed by atoms with Crippen molar-refractivity contribution in [1.29, 1.82) is 0 Å². The minimum atomic E-state index is -0.606. The lowest BCUT2D eigenvalue weighted by Gasteiger charge is -2.50. The summed E-state index contributed by atoms with van der Waals surface area (Å²) >= 11 is 0. The molecule has 1 unspecified atom stereocenters. The third-order valence-electron chi connectivity index (χ3n) is 6.64. The maximum Gasteiger partial charge on any atom is 0.157 e. The molecule has 130 valence electrons. The number of aromatic nitrogens is 2. The highest BCUT2D eigenvalue weighted by Crippen LogP contribution is 2.49. The maximum atomic E-state index is 11.6. The molecule has 5 rings (SSSR count). The second-order valence-electron chi connectivity index (χ2n) is 8.26. The van der Waals surface area contributed by atoms with Crippen LogP contribution in [-0.2, 0) is 6.54 Å². The molecule has 1 saturated heterocycles. The number of hydrogen-bond donors (Lipinski definition) is 2. The second-order valence-corrected chi connectivity index (χ2v) is 8.26. The Morgan fingerprint density at radius 2 is 2.08 bits per heavy atom. The molecule has 0 bridgehead atoms. The summed E-state index contributed by atoms with van der Waals surface area (Å²) in [4.78, 5) is 6.88. The van der Waals surface area contributed by atoms with Crippen LogP contribution in [0.1, 0.15) is 56.6 Å². The molecule has 2 aliphatic heterocycles. The van der Waals surface area contributed by atoms with Crippen LogP contribution in [0.3, 0.4) is 0 Å². The van der Waals surface area contributed by atoms with Gasteiger partial charge in [0.25, 0.3) is 0 Å². The number of hydrogen-bond acceptors (Lipinski definition) is 5. The molecule has 1 atom stereocenters. The molecule has 4 aliphatic rings. The molecule has 24 heavy (non-hydrogen) atoms. The molecule has 6 heteroatoms. The normalized spacial score (nSPS) is 31.6. The average molecular weight is 329 g/mol. The SMILES string of the molecule is OC1(CN2C=Nc3c(cnn3C3CC3)C2)CCNCC12CCCC2. The van der Waals surface area contributed by atoms with Crippen molar-refractivity contribution in [2.75, 3.05) is 19.6 Å². The minimum absolute atomic E-state index is 0.0531. The zero-order valence-corrected chi connectivity index (χ0v) is 14.2. The Balaban J connectivity index is 1.36. The molecule has 3 fully saturated rings. The first-order valence-electron chi connectivity index (χ1n) is 9.47. The quantitative estimate of drug-likeness (QED) is 0.890. The monoisotopic (exact) mass is 329 g/mol. The number of β-amino-alcohol motifs (C(OH)–C–C–N with tert-alkyl or cyclic N) is 1. The van der Waals surface area contributed by atoms with Crippen LogP contribution >= 0.6 is 0 Å². The summed E-state index contributed by atoms with van der Waals surface area (Å²) < 4.78 is 2.08. The maximum absolute atomic E-state index is 11.6. The van der Waals surface area contributed by atoms with Gasteiger partial charge in [0, 0.05) is 30.6 Å². The Kier molecular flexibility index (Phi) is 3.29. The number of piperidine rings is 1. The van der Waals surface area contributed by atoms with Crippen LogP contribution in [0.5, 0.6) is 0 Å². The Morgan fingerprint density at radius 3 is 2.88 bits per heavy atom. The second kappa shape index (κ2) is 5.30. The number of nitrogens with one attached hydrogen (secondary N) is 1. The molecule has 2 N–H and O–H groups in total. The average Bonchev–Trinajstić information content (AvgIpc) is 3.16. The number of fused-ring (bicyclic) bond motifs is 1. The lowest BCUT2D eigenvalue weighted by molar-refractivity contribution is -0.113. The largest absolute Gasteiger partial charge is 0.387 e. The van der Waals surface area contributed by atoms with E-state index < -0.39 is 5.60 Å². The standard InChI is InChI=1S/C18H27N5O/c24-18(7-8-19-11-17(18)5-1-2-6-17)12-22-10-14-9-21-23(15-3-4-15)16(14)20-13-22/h9,13,15,19,24H,1-8,10-12H2. The van der Waals surface area contributed by atoms with Gasteiger partial charge in [-0.1, -0.05) is 12.8 Å². The van der Waals surface area contributed by atoms with Crippen LogP contribution in [0.25, 0.3) is 0 Å². The first-order valence-corrected chi connectivity index (χ1v) is 9.47. The lowest BCUT2D eigenvalue weighted by atomic mass is 9.66. The molecule has 2 aliphatic carbocycles. The van der Waals surface area contributed by atoms with Crippen molar-refractivity contribution >= 4 is 12.2 Å². The zero-order valence-electron chi connectivity index (χ0n) is 14.2. The Hall–Kier alpha value is -1.40. The fourth-order valence-electron chi connectivity index (χ4n) is 5.05. The zero-order chi connectivity index (χ0) is 16.2. The molecule has 3 heterocycles. The van der Waals surface area contributed by atoms with E-state index in [2.05, 4.69) is 25.0 Å². The van der Waals surface area contributed by atoms with E-state index >= 15 is 0 Å². The lowest BCUT2D eigenvalue weighted by Crippen LogP contribution is -2.62. The molecule has 2 saturated carbocycles. The molecular weight excluding hydrogens is 302 g/mol. The van der Waals surface area contributed by atoms with Crippen molar-refractivity contribution in [3.05, 3.63) is 11.8 Å². The molecule has 1 aromatic heterocycles. The van der Waals surface area contributed by atoms with Crippen molar-refractivity contribution in [2.45, 2.75) is 63.1 Å². The summed E-state index contributed by atoms with van der Waals surface area (Å²) in [6.07, 6.45) is 12.0. The van der Waals surface area contributed by atoms with Crippen LogP contribution < -0.4 is 5.32 Å². The van der Waals surface area contributed by atoms with Crippen molar-refractivity contribution in [3.63, 3.8) is 0 Å². The molecule has 6 nitrogen and oxygen atoms in total. The summed E-state index contributed by atoms with van der Waals surface area (Å²) in [6.45, 7) is 3.37. The van der Waals surface area contributed by atoms with Crippen molar-refractivity contribution < 1.29 is 5.11 Å². The predicted octanol–water partition coefficient (Wildman–Crippen LogP) is 1.98. The summed E-state index contributed by atoms with van der Waals surface area (Å²) in [7, 11) is 0. The highest BCUT2D eigenvalue weighted by atomic mass is 16.3. The molecule has 0 radical (unpaired) electrons. The van der Waals surface area contributed by atoms with Crippen LogP contribution in [0.15, 0.2) is 11.2 Å². The van der Waals surface area contributed by atoms with Gasteiger partial charge in [-0.2, -0.15) is 5.10 Å². The van der Waals surface area contributed by atoms with Gasteiger partial charge in [0.2, 0.25) is 0 Å². The first-order chi connectivity index (χ1) is 11.7. The van der Waals surface area contributed by atoms with Crippen LogP contribution in [0.4, 0.5) is 5.82 Å². The molecule has 1 spiro atoms. The highest BCUT2D eigenvalue weighted by Gasteiger charge is 2.53. The van der Waals surface area contributed by atoms with Gasteiger partial charge in [-0.15, -0.1) is 0 Å². The van der Waals surface area contributed by atoms with Crippen molar-refractivity contribution in [3.8, 4) is 0 Å². The minimum Gasteiger partial charge on any atom is -0.387 e. The topological polar surface area (TPSA) is 65.7 Å². The van der Waals surface area contributed by atoms with Crippen LogP contribution in [-0.4, -0.2) is 51.4 Å². The van der Waals surface area contributed by atoms with E-state index in [-0.39, 0.29) is 5.41 Å². The summed E-state index contributed by atoms with van der Waals surface area (Å²) in [6, 6.07) is 0.563. The van der Waals surface area contributed by atoms with E-state index in [1.54, 1.807) is 0 Å². The van der Waals surface area contributed by atoms with E-state index in [1.165, 1.54) is 31.2 Å². The summed E-state index contributed by atoms with van der Waals surface area (Å²) in [5.41, 5.74) is 0.643. The smallest absolute Gasteiger partial charge is 0.157 e. The third-order valence-corrected chi connectivity index (χ3v) is 6.64. The van der Waals surface area contributed by atoms with Gasteiger partial charge in [0.05, 0.1) is 24.2 Å². The van der Waals surface area contributed by atoms with E-state index in [9.17, 15) is 5.11 Å². The Labute approximate surface area is 142 Å². The van der Waals surface area contributed by atoms with E-state index in [4.69, 9.17) is 0 Å². The summed E-state index contributed by atoms with van der Waals surface area (Å²) in [5, 5.41) is 19.6. The number of rotatable bonds is 3. The van der Waals surface area contributed by atoms with E-state index in [1.807, 2.05) is 12.5 Å². The number of nitrogens with zero attached hydrogens (tertiary/aromatic N) is 4. The van der Waals surface area contributed by atoms with E-state index in [0.717, 1.165) is 44.7 Å². The van der Waals surface area contributed by atoms with Crippen molar-refractivity contribution in [2.24, 2.45) is 10.4 Å². The number of aliphatic imine (C=N–C) groups is 1.